The van der Waals surface area contributed by atoms with Gasteiger partial charge in [-0.2, -0.15) is 0 Å². The third-order valence-electron chi connectivity index (χ3n) is 6.51. The van der Waals surface area contributed by atoms with Crippen molar-refractivity contribution < 1.29 is 43.3 Å². The van der Waals surface area contributed by atoms with E-state index in [-0.39, 0.29) is 6.54 Å². The van der Waals surface area contributed by atoms with Crippen LogP contribution in [0.3, 0.4) is 0 Å². The van der Waals surface area contributed by atoms with Crippen molar-refractivity contribution in [2.24, 2.45) is 0 Å². The zero-order valence-electron chi connectivity index (χ0n) is 25.2. The quantitative estimate of drug-likeness (QED) is 0.190. The first-order chi connectivity index (χ1) is 19.1. The molecule has 15 nitrogen and oxygen atoms in total. The Hall–Kier alpha value is -1.22. The molecule has 1 saturated heterocycles. The lowest BCUT2D eigenvalue weighted by Gasteiger charge is -2.19. The van der Waals surface area contributed by atoms with Crippen LogP contribution in [0.1, 0.15) is 54.7 Å². The summed E-state index contributed by atoms with van der Waals surface area (Å²) in [5.41, 5.74) is -1.36. The molecule has 2 heterocycles. The Morgan fingerprint density at radius 3 is 1.68 bits per heavy atom. The molecule has 1 unspecified atom stereocenters. The molecule has 17 heteroatoms. The topological polar surface area (TPSA) is 204 Å². The predicted molar refractivity (Wildman–Crippen MR) is 156 cm³/mol. The molecule has 2 rings (SSSR count). The van der Waals surface area contributed by atoms with Gasteiger partial charge in [-0.05, 0) is 46.2 Å². The maximum atomic E-state index is 12.3. The lowest BCUT2D eigenvalue weighted by atomic mass is 10.1. The Morgan fingerprint density at radius 2 is 1.32 bits per heavy atom. The van der Waals surface area contributed by atoms with E-state index < -0.39 is 63.5 Å². The largest absolute Gasteiger partial charge is 0.387 e. The van der Waals surface area contributed by atoms with Crippen LogP contribution in [0.25, 0.3) is 0 Å². The highest BCUT2D eigenvalue weighted by molar-refractivity contribution is 7.70. The van der Waals surface area contributed by atoms with Crippen molar-refractivity contribution in [3.05, 3.63) is 33.1 Å². The van der Waals surface area contributed by atoms with Crippen LogP contribution in [0.15, 0.2) is 21.9 Å². The summed E-state index contributed by atoms with van der Waals surface area (Å²) < 4.78 is 34.1. The number of rotatable bonds is 13. The third-order valence-corrected chi connectivity index (χ3v) is 9.97. The smallest absolute Gasteiger partial charge is 0.340 e. The molecule has 5 atom stereocenters. The van der Waals surface area contributed by atoms with Crippen LogP contribution in [0, 0.1) is 0 Å². The van der Waals surface area contributed by atoms with Crippen molar-refractivity contribution in [2.45, 2.75) is 79.6 Å². The zero-order chi connectivity index (χ0) is 32.0. The molecule has 5 N–H and O–H groups in total. The molecular formula is C24H50N4O11P2. The van der Waals surface area contributed by atoms with Gasteiger partial charge in [0.15, 0.2) is 12.1 Å². The maximum absolute atomic E-state index is 12.3. The Morgan fingerprint density at radius 1 is 0.854 bits per heavy atom. The molecule has 0 aromatic carbocycles. The summed E-state index contributed by atoms with van der Waals surface area (Å²) in [7, 11) is -9.51. The van der Waals surface area contributed by atoms with E-state index >= 15 is 0 Å². The first kappa shape index (κ1) is 39.8. The highest BCUT2D eigenvalue weighted by Gasteiger charge is 2.45. The number of aliphatic hydroxyl groups is 2. The summed E-state index contributed by atoms with van der Waals surface area (Å²) in [6.07, 6.45) is -4.95. The van der Waals surface area contributed by atoms with E-state index in [9.17, 15) is 33.8 Å². The molecule has 0 saturated carbocycles. The second kappa shape index (κ2) is 19.1. The molecule has 242 valence electrons. The highest BCUT2D eigenvalue weighted by Crippen LogP contribution is 2.55. The molecule has 1 fully saturated rings. The van der Waals surface area contributed by atoms with Gasteiger partial charge in [0, 0.05) is 18.8 Å². The van der Waals surface area contributed by atoms with Gasteiger partial charge in [0.25, 0.3) is 5.56 Å². The number of hydrogen-bond donors (Lipinski definition) is 5. The lowest BCUT2D eigenvalue weighted by molar-refractivity contribution is -0.0530. The number of aromatic nitrogens is 2. The second-order valence-electron chi connectivity index (χ2n) is 9.11. The zero-order valence-corrected chi connectivity index (χ0v) is 27.0. The Kier molecular flexibility index (Phi) is 18.6. The molecular weight excluding hydrogens is 582 g/mol. The van der Waals surface area contributed by atoms with Gasteiger partial charge in [-0.3, -0.25) is 23.1 Å². The summed E-state index contributed by atoms with van der Waals surface area (Å²) in [6.45, 7) is 21.1. The van der Waals surface area contributed by atoms with E-state index in [1.165, 1.54) is 39.3 Å². The van der Waals surface area contributed by atoms with Gasteiger partial charge < -0.3 is 44.0 Å². The highest BCUT2D eigenvalue weighted by atomic mass is 31.2. The van der Waals surface area contributed by atoms with Crippen molar-refractivity contribution in [3.8, 4) is 0 Å². The van der Waals surface area contributed by atoms with Gasteiger partial charge in [-0.15, -0.1) is 0 Å². The van der Waals surface area contributed by atoms with E-state index in [1.54, 1.807) is 6.92 Å². The Balaban J connectivity index is 0.000000941. The maximum Gasteiger partial charge on any atom is 0.340 e. The van der Waals surface area contributed by atoms with Crippen molar-refractivity contribution in [1.82, 2.24) is 18.9 Å². The number of hydrogen-bond acceptors (Lipinski definition) is 10. The van der Waals surface area contributed by atoms with E-state index in [2.05, 4.69) is 55.9 Å². The fourth-order valence-electron chi connectivity index (χ4n) is 3.92. The molecule has 0 aliphatic carbocycles. The van der Waals surface area contributed by atoms with Crippen LogP contribution in [0.2, 0.25) is 0 Å². The molecule has 1 aliphatic rings. The third kappa shape index (κ3) is 13.7. The van der Waals surface area contributed by atoms with Gasteiger partial charge in [0.05, 0.1) is 6.61 Å². The summed E-state index contributed by atoms with van der Waals surface area (Å²) in [5, 5.41) is 20.1. The van der Waals surface area contributed by atoms with Crippen molar-refractivity contribution >= 4 is 15.2 Å². The molecule has 0 radical (unpaired) electrons. The van der Waals surface area contributed by atoms with Gasteiger partial charge in [-0.25, -0.2) is 4.79 Å². The summed E-state index contributed by atoms with van der Waals surface area (Å²) >= 11 is 0. The average molecular weight is 633 g/mol. The lowest BCUT2D eigenvalue weighted by Crippen LogP contribution is -2.42. The van der Waals surface area contributed by atoms with Gasteiger partial charge in [0.1, 0.15) is 18.3 Å². The minimum Gasteiger partial charge on any atom is -0.387 e. The normalized spacial score (nSPS) is 22.1. The van der Waals surface area contributed by atoms with Crippen LogP contribution in [-0.2, 0) is 24.9 Å². The number of nitrogens with zero attached hydrogens (tertiary/aromatic N) is 4. The summed E-state index contributed by atoms with van der Waals surface area (Å²) in [6, 6.07) is 1.07. The van der Waals surface area contributed by atoms with Crippen LogP contribution >= 0.6 is 15.2 Å². The van der Waals surface area contributed by atoms with Gasteiger partial charge in [0.2, 0.25) is 0 Å². The van der Waals surface area contributed by atoms with Gasteiger partial charge >= 0.3 is 20.9 Å². The Labute approximate surface area is 242 Å². The summed E-state index contributed by atoms with van der Waals surface area (Å²) in [5.74, 6) is -1.42. The predicted octanol–water partition coefficient (Wildman–Crippen LogP) is 0.683. The molecule has 1 aromatic heterocycles. The first-order valence-corrected chi connectivity index (χ1v) is 17.4. The first-order valence-electron chi connectivity index (χ1n) is 13.8. The van der Waals surface area contributed by atoms with Crippen molar-refractivity contribution in [2.75, 3.05) is 51.8 Å². The van der Waals surface area contributed by atoms with Gasteiger partial charge in [-0.1, -0.05) is 41.5 Å². The molecule has 0 spiro atoms. The monoisotopic (exact) mass is 632 g/mol. The fourth-order valence-corrected chi connectivity index (χ4v) is 6.49. The SMILES string of the molecule is CCN(CC)CC.CCN(CC)CC.CCn1c(=O)ccn([C@@H]2O[C@H](COP(=O)(O)CP(=O)(O)O)[C@@H](O)[C@H]2O)c1=O. The van der Waals surface area contributed by atoms with Crippen LogP contribution < -0.4 is 11.2 Å². The molecule has 1 aromatic rings. The van der Waals surface area contributed by atoms with E-state index in [1.807, 2.05) is 0 Å². The standard InChI is InChI=1S/C12H20N2O11P2.2C6H15N/c1-2-13-8(15)3-4-14(12(13)18)11-10(17)9(16)7(25-11)5-24-27(22,23)6-26(19,20)21;2*1-4-7(5-2)6-3/h3-4,7,9-11,16-17H,2,5-6H2,1H3,(H,22,23)(H2,19,20,21);2*4-6H2,1-3H3/t7-,9-,10-,11-;;/m1../s1. The van der Waals surface area contributed by atoms with E-state index in [0.717, 1.165) is 21.4 Å². The van der Waals surface area contributed by atoms with E-state index in [0.29, 0.717) is 0 Å². The van der Waals surface area contributed by atoms with Crippen LogP contribution in [0.5, 0.6) is 0 Å². The minimum atomic E-state index is -4.82. The Bertz CT molecular complexity index is 1060. The second-order valence-corrected chi connectivity index (χ2v) is 13.1. The fraction of sp³-hybridized carbons (Fsp3) is 0.833. The van der Waals surface area contributed by atoms with Crippen LogP contribution in [0.4, 0.5) is 0 Å². The van der Waals surface area contributed by atoms with Crippen molar-refractivity contribution in [3.63, 3.8) is 0 Å². The molecule has 0 bridgehead atoms. The van der Waals surface area contributed by atoms with Crippen molar-refractivity contribution in [1.29, 1.82) is 0 Å². The minimum absolute atomic E-state index is 0.0620. The molecule has 0 amide bonds. The van der Waals surface area contributed by atoms with E-state index in [4.69, 9.17) is 14.5 Å². The number of aliphatic hydroxyl groups excluding tert-OH is 2. The average Bonchev–Trinajstić information content (AvgIpc) is 3.18. The molecule has 41 heavy (non-hydrogen) atoms. The van der Waals surface area contributed by atoms with Crippen LogP contribution in [-0.4, -0.2) is 114 Å². The number of ether oxygens (including phenoxy) is 1. The molecule has 1 aliphatic heterocycles. The summed E-state index contributed by atoms with van der Waals surface area (Å²) in [4.78, 5) is 55.6.